The smallest absolute Gasteiger partial charge is 0.255 e. The lowest BCUT2D eigenvalue weighted by Crippen LogP contribution is -2.42. The van der Waals surface area contributed by atoms with Crippen LogP contribution in [0.25, 0.3) is 5.82 Å². The summed E-state index contributed by atoms with van der Waals surface area (Å²) in [7, 11) is 0. The second-order valence-corrected chi connectivity index (χ2v) is 5.52. The Morgan fingerprint density at radius 3 is 3.00 bits per heavy atom. The molecule has 22 heavy (non-hydrogen) atoms. The van der Waals surface area contributed by atoms with Gasteiger partial charge in [0.05, 0.1) is 5.56 Å². The van der Waals surface area contributed by atoms with Crippen LogP contribution in [0.15, 0.2) is 37.1 Å². The number of pyridine rings is 1. The molecule has 1 aliphatic rings. The molecule has 6 heteroatoms. The largest absolute Gasteiger partial charge is 0.334 e. The first-order valence-electron chi connectivity index (χ1n) is 7.75. The molecule has 3 rings (SSSR count). The number of rotatable bonds is 5. The maximum absolute atomic E-state index is 12.8. The number of carbonyl (C=O) groups is 1. The van der Waals surface area contributed by atoms with Crippen LogP contribution in [0.1, 0.15) is 30.1 Å². The summed E-state index contributed by atoms with van der Waals surface area (Å²) in [5.41, 5.74) is 0.643. The Balaban J connectivity index is 1.77. The van der Waals surface area contributed by atoms with Gasteiger partial charge in [-0.15, -0.1) is 0 Å². The van der Waals surface area contributed by atoms with Crippen LogP contribution in [0.4, 0.5) is 0 Å². The Labute approximate surface area is 130 Å². The summed E-state index contributed by atoms with van der Waals surface area (Å²) < 4.78 is 1.82. The first-order chi connectivity index (χ1) is 10.8. The van der Waals surface area contributed by atoms with Gasteiger partial charge in [-0.3, -0.25) is 9.36 Å². The minimum atomic E-state index is 0.0697. The average molecular weight is 299 g/mol. The number of imidazole rings is 1. The molecule has 0 aliphatic carbocycles. The summed E-state index contributed by atoms with van der Waals surface area (Å²) in [4.78, 5) is 23.1. The van der Waals surface area contributed by atoms with E-state index in [4.69, 9.17) is 0 Å². The molecule has 0 radical (unpaired) electrons. The molecule has 0 saturated carbocycles. The number of hydrogen-bond donors (Lipinski definition) is 1. The van der Waals surface area contributed by atoms with Gasteiger partial charge in [-0.05, 0) is 31.5 Å². The Hall–Kier alpha value is -2.21. The molecular weight excluding hydrogens is 278 g/mol. The van der Waals surface area contributed by atoms with Crippen LogP contribution < -0.4 is 5.32 Å². The van der Waals surface area contributed by atoms with Gasteiger partial charge in [-0.2, -0.15) is 0 Å². The Morgan fingerprint density at radius 1 is 1.50 bits per heavy atom. The van der Waals surface area contributed by atoms with E-state index in [1.807, 2.05) is 27.8 Å². The van der Waals surface area contributed by atoms with Crippen molar-refractivity contribution in [1.82, 2.24) is 24.8 Å². The number of aromatic nitrogens is 3. The molecule has 2 aromatic heterocycles. The van der Waals surface area contributed by atoms with Crippen LogP contribution in [0.3, 0.4) is 0 Å². The van der Waals surface area contributed by atoms with Crippen LogP contribution in [0.2, 0.25) is 0 Å². The zero-order valence-corrected chi connectivity index (χ0v) is 12.8. The average Bonchev–Trinajstić information content (AvgIpc) is 3.25. The van der Waals surface area contributed by atoms with E-state index in [2.05, 4.69) is 22.2 Å². The van der Waals surface area contributed by atoms with E-state index >= 15 is 0 Å². The third-order valence-electron chi connectivity index (χ3n) is 3.96. The minimum Gasteiger partial charge on any atom is -0.334 e. The van der Waals surface area contributed by atoms with Crippen LogP contribution in [0, 0.1) is 0 Å². The maximum atomic E-state index is 12.8. The molecule has 1 aliphatic heterocycles. The number of nitrogens with zero attached hydrogens (tertiary/aromatic N) is 4. The number of carbonyl (C=O) groups excluding carboxylic acids is 1. The van der Waals surface area contributed by atoms with E-state index < -0.39 is 0 Å². The number of hydrogen-bond acceptors (Lipinski definition) is 4. The van der Waals surface area contributed by atoms with Crippen molar-refractivity contribution < 1.29 is 4.79 Å². The lowest BCUT2D eigenvalue weighted by Gasteiger charge is -2.28. The Kier molecular flexibility index (Phi) is 4.48. The van der Waals surface area contributed by atoms with E-state index in [1.54, 1.807) is 18.7 Å². The third kappa shape index (κ3) is 3.01. The lowest BCUT2D eigenvalue weighted by molar-refractivity contribution is 0.0692. The first kappa shape index (κ1) is 14.7. The van der Waals surface area contributed by atoms with Gasteiger partial charge >= 0.3 is 0 Å². The molecule has 1 N–H and O–H groups in total. The molecule has 0 bridgehead atoms. The Bertz CT molecular complexity index is 602. The summed E-state index contributed by atoms with van der Waals surface area (Å²) in [6, 6.07) is 3.99. The van der Waals surface area contributed by atoms with Crippen molar-refractivity contribution in [1.29, 1.82) is 0 Å². The molecule has 0 spiro atoms. The Morgan fingerprint density at radius 2 is 2.41 bits per heavy atom. The topological polar surface area (TPSA) is 63.1 Å². The van der Waals surface area contributed by atoms with E-state index in [1.165, 1.54) is 0 Å². The summed E-state index contributed by atoms with van der Waals surface area (Å²) >= 11 is 0. The fourth-order valence-corrected chi connectivity index (χ4v) is 2.82. The van der Waals surface area contributed by atoms with Crippen molar-refractivity contribution >= 4 is 5.91 Å². The minimum absolute atomic E-state index is 0.0697. The van der Waals surface area contributed by atoms with Crippen LogP contribution in [-0.4, -0.2) is 51.0 Å². The van der Waals surface area contributed by atoms with E-state index in [0.717, 1.165) is 38.3 Å². The zero-order valence-electron chi connectivity index (χ0n) is 12.8. The van der Waals surface area contributed by atoms with Crippen molar-refractivity contribution in [3.63, 3.8) is 0 Å². The summed E-state index contributed by atoms with van der Waals surface area (Å²) in [6.45, 7) is 4.75. The number of nitrogens with one attached hydrogen (secondary N) is 1. The number of amides is 1. The fourth-order valence-electron chi connectivity index (χ4n) is 2.82. The van der Waals surface area contributed by atoms with Crippen LogP contribution in [0.5, 0.6) is 0 Å². The molecule has 6 nitrogen and oxygen atoms in total. The molecular formula is C16H21N5O. The van der Waals surface area contributed by atoms with E-state index in [0.29, 0.717) is 11.6 Å². The molecule has 0 aromatic carbocycles. The second-order valence-electron chi connectivity index (χ2n) is 5.52. The first-order valence-corrected chi connectivity index (χ1v) is 7.75. The predicted molar refractivity (Wildman–Crippen MR) is 84.0 cm³/mol. The lowest BCUT2D eigenvalue weighted by atomic mass is 10.1. The van der Waals surface area contributed by atoms with Gasteiger partial charge in [0.25, 0.3) is 5.91 Å². The maximum Gasteiger partial charge on any atom is 0.255 e. The van der Waals surface area contributed by atoms with Gasteiger partial charge in [-0.1, -0.05) is 6.92 Å². The van der Waals surface area contributed by atoms with Crippen molar-refractivity contribution in [2.45, 2.75) is 25.8 Å². The molecule has 116 valence electrons. The summed E-state index contributed by atoms with van der Waals surface area (Å²) in [5, 5.41) is 3.33. The predicted octanol–water partition coefficient (Wildman–Crippen LogP) is 1.48. The van der Waals surface area contributed by atoms with Gasteiger partial charge in [0.1, 0.15) is 12.1 Å². The van der Waals surface area contributed by atoms with Gasteiger partial charge in [-0.25, -0.2) is 9.97 Å². The fraction of sp³-hybridized carbons (Fsp3) is 0.438. The van der Waals surface area contributed by atoms with Gasteiger partial charge in [0.2, 0.25) is 0 Å². The highest BCUT2D eigenvalue weighted by molar-refractivity contribution is 5.94. The van der Waals surface area contributed by atoms with Crippen LogP contribution in [-0.2, 0) is 0 Å². The second kappa shape index (κ2) is 6.70. The monoisotopic (exact) mass is 299 g/mol. The van der Waals surface area contributed by atoms with Gasteiger partial charge in [0, 0.05) is 37.7 Å². The molecule has 1 fully saturated rings. The highest BCUT2D eigenvalue weighted by Crippen LogP contribution is 2.14. The van der Waals surface area contributed by atoms with Gasteiger partial charge in [0.15, 0.2) is 0 Å². The molecule has 1 saturated heterocycles. The van der Waals surface area contributed by atoms with E-state index in [-0.39, 0.29) is 5.91 Å². The van der Waals surface area contributed by atoms with Crippen LogP contribution >= 0.6 is 0 Å². The molecule has 2 aromatic rings. The summed E-state index contributed by atoms with van der Waals surface area (Å²) in [6.07, 6.45) is 8.86. The summed E-state index contributed by atoms with van der Waals surface area (Å²) in [5.74, 6) is 0.832. The van der Waals surface area contributed by atoms with Crippen molar-refractivity contribution in [2.75, 3.05) is 19.6 Å². The van der Waals surface area contributed by atoms with Gasteiger partial charge < -0.3 is 10.2 Å². The van der Waals surface area contributed by atoms with Crippen molar-refractivity contribution in [3.05, 3.63) is 42.6 Å². The SMILES string of the molecule is CCCN(C(=O)c1ccc(-n2ccnc2)nc1)C1CCNC1. The van der Waals surface area contributed by atoms with E-state index in [9.17, 15) is 4.79 Å². The molecule has 1 unspecified atom stereocenters. The molecule has 3 heterocycles. The normalized spacial score (nSPS) is 17.6. The molecule has 1 amide bonds. The quantitative estimate of drug-likeness (QED) is 0.908. The van der Waals surface area contributed by atoms with Crippen molar-refractivity contribution in [3.8, 4) is 5.82 Å². The molecule has 1 atom stereocenters. The zero-order chi connectivity index (χ0) is 15.4. The van der Waals surface area contributed by atoms with Crippen molar-refractivity contribution in [2.24, 2.45) is 0 Å². The highest BCUT2D eigenvalue weighted by atomic mass is 16.2. The third-order valence-corrected chi connectivity index (χ3v) is 3.96. The standard InChI is InChI=1S/C16H21N5O/c1-2-8-21(14-5-6-17-11-14)16(22)13-3-4-15(19-10-13)20-9-7-18-12-20/h3-4,7,9-10,12,14,17H,2,5-6,8,11H2,1H3. The highest BCUT2D eigenvalue weighted by Gasteiger charge is 2.26.